The summed E-state index contributed by atoms with van der Waals surface area (Å²) in [5.41, 5.74) is 1.36. The Balaban J connectivity index is 1.70. The summed E-state index contributed by atoms with van der Waals surface area (Å²) in [6.07, 6.45) is 7.57. The molecule has 1 amide bonds. The predicted octanol–water partition coefficient (Wildman–Crippen LogP) is 1.96. The molecule has 0 saturated heterocycles. The number of benzene rings is 1. The smallest absolute Gasteiger partial charge is 0.251 e. The maximum atomic E-state index is 12.5. The van der Waals surface area contributed by atoms with E-state index >= 15 is 0 Å². The van der Waals surface area contributed by atoms with Crippen LogP contribution in [-0.2, 0) is 9.84 Å². The Bertz CT molecular complexity index is 815. The van der Waals surface area contributed by atoms with Crippen molar-refractivity contribution in [2.75, 3.05) is 6.26 Å². The largest absolute Gasteiger partial charge is 0.349 e. The number of hydrogen-bond donors (Lipinski definition) is 1. The van der Waals surface area contributed by atoms with Crippen molar-refractivity contribution in [1.82, 2.24) is 15.1 Å². The van der Waals surface area contributed by atoms with Crippen LogP contribution in [0.15, 0.2) is 42.7 Å². The lowest BCUT2D eigenvalue weighted by molar-refractivity contribution is 0.0928. The van der Waals surface area contributed by atoms with E-state index in [0.29, 0.717) is 18.4 Å². The number of carbonyl (C=O) groups excluding carboxylic acids is 1. The molecule has 1 aliphatic carbocycles. The molecule has 2 atom stereocenters. The standard InChI is InChI=1S/C17H21N3O3S/c1-24(22,23)16-8-3-6-14(12-16)19-17(21)13-5-2-7-15(11-13)20-10-4-9-18-20/h2,4-5,7,9-11,14,16H,3,6,8,12H2,1H3,(H,19,21)/t14-,16-/m0/s1. The molecule has 1 aliphatic rings. The van der Waals surface area contributed by atoms with E-state index in [4.69, 9.17) is 0 Å². The highest BCUT2D eigenvalue weighted by molar-refractivity contribution is 7.91. The normalized spacial score (nSPS) is 21.4. The van der Waals surface area contributed by atoms with Gasteiger partial charge in [0.1, 0.15) is 9.84 Å². The number of sulfone groups is 1. The van der Waals surface area contributed by atoms with E-state index in [1.807, 2.05) is 24.4 Å². The summed E-state index contributed by atoms with van der Waals surface area (Å²) in [7, 11) is -3.06. The molecular formula is C17H21N3O3S. The summed E-state index contributed by atoms with van der Waals surface area (Å²) >= 11 is 0. The maximum absolute atomic E-state index is 12.5. The number of hydrogen-bond acceptors (Lipinski definition) is 4. The van der Waals surface area contributed by atoms with Crippen LogP contribution >= 0.6 is 0 Å². The molecule has 128 valence electrons. The summed E-state index contributed by atoms with van der Waals surface area (Å²) in [6.45, 7) is 0. The number of amides is 1. The minimum absolute atomic E-state index is 0.0978. The van der Waals surface area contributed by atoms with Gasteiger partial charge < -0.3 is 5.32 Å². The number of rotatable bonds is 4. The average molecular weight is 347 g/mol. The lowest BCUT2D eigenvalue weighted by atomic mass is 9.94. The Morgan fingerprint density at radius 1 is 1.29 bits per heavy atom. The average Bonchev–Trinajstić information content (AvgIpc) is 3.09. The van der Waals surface area contributed by atoms with Gasteiger partial charge in [-0.2, -0.15) is 5.10 Å². The topological polar surface area (TPSA) is 81.1 Å². The highest BCUT2D eigenvalue weighted by Crippen LogP contribution is 2.24. The lowest BCUT2D eigenvalue weighted by Crippen LogP contribution is -2.41. The minimum atomic E-state index is -3.06. The Morgan fingerprint density at radius 3 is 2.83 bits per heavy atom. The molecule has 1 N–H and O–H groups in total. The van der Waals surface area contributed by atoms with Gasteiger partial charge in [0, 0.05) is 30.3 Å². The minimum Gasteiger partial charge on any atom is -0.349 e. The van der Waals surface area contributed by atoms with Gasteiger partial charge in [0.05, 0.1) is 10.9 Å². The van der Waals surface area contributed by atoms with E-state index in [2.05, 4.69) is 10.4 Å². The summed E-state index contributed by atoms with van der Waals surface area (Å²) in [6, 6.07) is 8.94. The molecule has 24 heavy (non-hydrogen) atoms. The van der Waals surface area contributed by atoms with Gasteiger partial charge in [-0.3, -0.25) is 4.79 Å². The molecule has 0 aliphatic heterocycles. The number of nitrogens with one attached hydrogen (secondary N) is 1. The van der Waals surface area contributed by atoms with Crippen LogP contribution in [-0.4, -0.2) is 41.7 Å². The second kappa shape index (κ2) is 6.76. The molecule has 0 bridgehead atoms. The van der Waals surface area contributed by atoms with Gasteiger partial charge in [-0.05, 0) is 43.5 Å². The fourth-order valence-corrected chi connectivity index (χ4v) is 4.32. The van der Waals surface area contributed by atoms with E-state index in [-0.39, 0.29) is 17.2 Å². The Morgan fingerprint density at radius 2 is 2.12 bits per heavy atom. The van der Waals surface area contributed by atoms with Crippen molar-refractivity contribution in [2.45, 2.75) is 37.0 Å². The molecule has 0 radical (unpaired) electrons. The second-order valence-corrected chi connectivity index (χ2v) is 8.62. The van der Waals surface area contributed by atoms with E-state index in [1.165, 1.54) is 6.26 Å². The Kier molecular flexibility index (Phi) is 4.71. The highest BCUT2D eigenvalue weighted by Gasteiger charge is 2.29. The monoisotopic (exact) mass is 347 g/mol. The van der Waals surface area contributed by atoms with Crippen LogP contribution in [0.2, 0.25) is 0 Å². The van der Waals surface area contributed by atoms with Crippen molar-refractivity contribution in [3.05, 3.63) is 48.3 Å². The van der Waals surface area contributed by atoms with E-state index in [9.17, 15) is 13.2 Å². The summed E-state index contributed by atoms with van der Waals surface area (Å²) in [5.74, 6) is -0.178. The molecule has 0 unspecified atom stereocenters. The quantitative estimate of drug-likeness (QED) is 0.917. The molecule has 3 rings (SSSR count). The molecule has 1 heterocycles. The van der Waals surface area contributed by atoms with Gasteiger partial charge in [0.2, 0.25) is 0 Å². The SMILES string of the molecule is CS(=O)(=O)[C@H]1CCC[C@H](NC(=O)c2cccc(-n3cccn3)c2)C1. The van der Waals surface area contributed by atoms with Gasteiger partial charge >= 0.3 is 0 Å². The van der Waals surface area contributed by atoms with Crippen LogP contribution < -0.4 is 5.32 Å². The van der Waals surface area contributed by atoms with E-state index < -0.39 is 9.84 Å². The van der Waals surface area contributed by atoms with Crippen molar-refractivity contribution < 1.29 is 13.2 Å². The zero-order valence-corrected chi connectivity index (χ0v) is 14.4. The highest BCUT2D eigenvalue weighted by atomic mass is 32.2. The van der Waals surface area contributed by atoms with Crippen LogP contribution in [0.25, 0.3) is 5.69 Å². The fourth-order valence-electron chi connectivity index (χ4n) is 3.14. The third-order valence-electron chi connectivity index (χ3n) is 4.44. The van der Waals surface area contributed by atoms with Gasteiger partial charge in [-0.25, -0.2) is 13.1 Å². The molecule has 1 saturated carbocycles. The summed E-state index contributed by atoms with van der Waals surface area (Å²) in [4.78, 5) is 12.5. The molecular weight excluding hydrogens is 326 g/mol. The van der Waals surface area contributed by atoms with Crippen molar-refractivity contribution in [1.29, 1.82) is 0 Å². The third kappa shape index (κ3) is 3.84. The summed E-state index contributed by atoms with van der Waals surface area (Å²) in [5, 5.41) is 6.78. The predicted molar refractivity (Wildman–Crippen MR) is 91.9 cm³/mol. The molecule has 1 aromatic heterocycles. The van der Waals surface area contributed by atoms with Crippen molar-refractivity contribution in [2.24, 2.45) is 0 Å². The van der Waals surface area contributed by atoms with Crippen molar-refractivity contribution >= 4 is 15.7 Å². The van der Waals surface area contributed by atoms with Crippen LogP contribution in [0.1, 0.15) is 36.0 Å². The van der Waals surface area contributed by atoms with Gasteiger partial charge in [0.25, 0.3) is 5.91 Å². The van der Waals surface area contributed by atoms with E-state index in [1.54, 1.807) is 23.0 Å². The van der Waals surface area contributed by atoms with Gasteiger partial charge in [-0.1, -0.05) is 12.5 Å². The number of carbonyl (C=O) groups is 1. The first kappa shape index (κ1) is 16.7. The third-order valence-corrected chi connectivity index (χ3v) is 6.08. The molecule has 6 nitrogen and oxygen atoms in total. The molecule has 1 fully saturated rings. The first-order valence-electron chi connectivity index (χ1n) is 8.03. The van der Waals surface area contributed by atoms with Crippen molar-refractivity contribution in [3.63, 3.8) is 0 Å². The first-order chi connectivity index (χ1) is 11.4. The second-order valence-electron chi connectivity index (χ2n) is 6.29. The van der Waals surface area contributed by atoms with Gasteiger partial charge in [0.15, 0.2) is 0 Å². The lowest BCUT2D eigenvalue weighted by Gasteiger charge is -2.28. The van der Waals surface area contributed by atoms with Crippen LogP contribution in [0, 0.1) is 0 Å². The zero-order valence-electron chi connectivity index (χ0n) is 13.6. The zero-order chi connectivity index (χ0) is 17.2. The number of aromatic nitrogens is 2. The summed E-state index contributed by atoms with van der Waals surface area (Å²) < 4.78 is 25.2. The van der Waals surface area contributed by atoms with Crippen LogP contribution in [0.3, 0.4) is 0 Å². The molecule has 7 heteroatoms. The number of nitrogens with zero attached hydrogens (tertiary/aromatic N) is 2. The van der Waals surface area contributed by atoms with E-state index in [0.717, 1.165) is 18.5 Å². The first-order valence-corrected chi connectivity index (χ1v) is 9.99. The molecule has 1 aromatic carbocycles. The van der Waals surface area contributed by atoms with Crippen LogP contribution in [0.5, 0.6) is 0 Å². The Hall–Kier alpha value is -2.15. The molecule has 2 aromatic rings. The van der Waals surface area contributed by atoms with Crippen molar-refractivity contribution in [3.8, 4) is 5.69 Å². The van der Waals surface area contributed by atoms with Gasteiger partial charge in [-0.15, -0.1) is 0 Å². The Labute approximate surface area is 141 Å². The van der Waals surface area contributed by atoms with Crippen LogP contribution in [0.4, 0.5) is 0 Å². The maximum Gasteiger partial charge on any atom is 0.251 e. The molecule has 0 spiro atoms. The fraction of sp³-hybridized carbons (Fsp3) is 0.412.